The molecule has 4 heterocycles. The van der Waals surface area contributed by atoms with Crippen molar-refractivity contribution in [1.82, 2.24) is 9.88 Å². The van der Waals surface area contributed by atoms with Crippen molar-refractivity contribution in [2.24, 2.45) is 11.8 Å². The van der Waals surface area contributed by atoms with E-state index in [1.165, 1.54) is 12.5 Å². The summed E-state index contributed by atoms with van der Waals surface area (Å²) in [7, 11) is 0. The van der Waals surface area contributed by atoms with Crippen LogP contribution < -0.4 is 4.74 Å². The fourth-order valence-electron chi connectivity index (χ4n) is 4.84. The van der Waals surface area contributed by atoms with E-state index in [1.807, 2.05) is 0 Å². The Balaban J connectivity index is 1.61. The lowest BCUT2D eigenvalue weighted by molar-refractivity contribution is -0.153. The number of nitrogens with zero attached hydrogens (tertiary/aromatic N) is 2. The van der Waals surface area contributed by atoms with Gasteiger partial charge in [0.15, 0.2) is 6.61 Å². The van der Waals surface area contributed by atoms with Crippen LogP contribution in [0.15, 0.2) is 30.5 Å². The molecule has 5 rings (SSSR count). The standard InChI is InChI=1S/C21H25F3N2O2/c1-2-13-11-26-8-6-14(13)9-19(26)20(27)16-5-7-25-18-4-3-15(10-17(16)18)28-12-21(22,23)24/h3-5,7,10,13-14,19-20,27H,2,6,8-9,11-12H2,1H3/t13-,14-,19-,20+/m0/s1. The molecule has 0 aliphatic carbocycles. The lowest BCUT2D eigenvalue weighted by Gasteiger charge is -2.51. The number of halogens is 3. The molecule has 1 N–H and O–H groups in total. The topological polar surface area (TPSA) is 45.6 Å². The molecule has 1 unspecified atom stereocenters. The third kappa shape index (κ3) is 3.82. The minimum Gasteiger partial charge on any atom is -0.484 e. The van der Waals surface area contributed by atoms with Gasteiger partial charge in [-0.3, -0.25) is 9.88 Å². The molecule has 1 aromatic heterocycles. The molecule has 3 fully saturated rings. The average Bonchev–Trinajstić information content (AvgIpc) is 2.70. The number of aromatic nitrogens is 1. The van der Waals surface area contributed by atoms with Crippen molar-refractivity contribution in [3.8, 4) is 5.75 Å². The quantitative estimate of drug-likeness (QED) is 0.820. The van der Waals surface area contributed by atoms with Crippen LogP contribution in [0.25, 0.3) is 10.9 Å². The molecular formula is C21H25F3N2O2. The molecule has 0 amide bonds. The summed E-state index contributed by atoms with van der Waals surface area (Å²) in [6.07, 6.45) is -0.174. The van der Waals surface area contributed by atoms with Crippen LogP contribution in [-0.4, -0.2) is 46.9 Å². The first-order chi connectivity index (χ1) is 13.4. The highest BCUT2D eigenvalue weighted by Gasteiger charge is 2.42. The number of benzene rings is 1. The molecule has 2 bridgehead atoms. The first-order valence-electron chi connectivity index (χ1n) is 9.86. The Bertz CT molecular complexity index is 842. The molecule has 0 spiro atoms. The second-order valence-electron chi connectivity index (χ2n) is 7.94. The molecule has 3 saturated heterocycles. The number of piperidine rings is 3. The number of rotatable bonds is 5. The molecule has 0 radical (unpaired) electrons. The fourth-order valence-corrected chi connectivity index (χ4v) is 4.84. The zero-order valence-corrected chi connectivity index (χ0v) is 15.8. The molecule has 0 saturated carbocycles. The Kier molecular flexibility index (Phi) is 5.22. The van der Waals surface area contributed by atoms with Gasteiger partial charge >= 0.3 is 6.18 Å². The van der Waals surface area contributed by atoms with Gasteiger partial charge in [0.1, 0.15) is 5.75 Å². The molecule has 152 valence electrons. The molecular weight excluding hydrogens is 369 g/mol. The maximum atomic E-state index is 12.5. The summed E-state index contributed by atoms with van der Waals surface area (Å²) >= 11 is 0. The van der Waals surface area contributed by atoms with Gasteiger partial charge in [-0.25, -0.2) is 0 Å². The predicted octanol–water partition coefficient (Wildman–Crippen LogP) is 4.33. The van der Waals surface area contributed by atoms with Crippen molar-refractivity contribution in [3.05, 3.63) is 36.0 Å². The third-order valence-corrected chi connectivity index (χ3v) is 6.29. The summed E-state index contributed by atoms with van der Waals surface area (Å²) in [4.78, 5) is 6.66. The molecule has 4 nitrogen and oxygen atoms in total. The first-order valence-corrected chi connectivity index (χ1v) is 9.86. The highest BCUT2D eigenvalue weighted by Crippen LogP contribution is 2.42. The Hall–Kier alpha value is -1.86. The van der Waals surface area contributed by atoms with Gasteiger partial charge in [-0.05, 0) is 61.1 Å². The van der Waals surface area contributed by atoms with Crippen molar-refractivity contribution in [2.75, 3.05) is 19.7 Å². The van der Waals surface area contributed by atoms with Crippen LogP contribution in [0.5, 0.6) is 5.75 Å². The van der Waals surface area contributed by atoms with E-state index in [4.69, 9.17) is 4.74 Å². The van der Waals surface area contributed by atoms with Gasteiger partial charge in [-0.2, -0.15) is 13.2 Å². The van der Waals surface area contributed by atoms with E-state index in [-0.39, 0.29) is 11.8 Å². The number of alkyl halides is 3. The number of fused-ring (bicyclic) bond motifs is 4. The number of pyridine rings is 1. The molecule has 2 aromatic rings. The lowest BCUT2D eigenvalue weighted by atomic mass is 9.72. The Morgan fingerprint density at radius 1 is 1.32 bits per heavy atom. The van der Waals surface area contributed by atoms with Crippen molar-refractivity contribution in [1.29, 1.82) is 0 Å². The Morgan fingerprint density at radius 3 is 2.82 bits per heavy atom. The summed E-state index contributed by atoms with van der Waals surface area (Å²) in [6.45, 7) is 2.88. The maximum absolute atomic E-state index is 12.5. The molecule has 28 heavy (non-hydrogen) atoms. The smallest absolute Gasteiger partial charge is 0.422 e. The summed E-state index contributed by atoms with van der Waals surface area (Å²) < 4.78 is 42.3. The van der Waals surface area contributed by atoms with E-state index >= 15 is 0 Å². The SMILES string of the molecule is CC[C@H]1CN2CC[C@H]1C[C@H]2[C@H](O)c1ccnc2ccc(OCC(F)(F)F)cc12. The minimum atomic E-state index is -4.39. The largest absolute Gasteiger partial charge is 0.484 e. The van der Waals surface area contributed by atoms with Gasteiger partial charge in [0, 0.05) is 24.2 Å². The van der Waals surface area contributed by atoms with Crippen molar-refractivity contribution < 1.29 is 23.0 Å². The Labute approximate surface area is 162 Å². The van der Waals surface area contributed by atoms with Crippen molar-refractivity contribution in [2.45, 2.75) is 44.5 Å². The van der Waals surface area contributed by atoms with Crippen LogP contribution in [-0.2, 0) is 0 Å². The highest BCUT2D eigenvalue weighted by molar-refractivity contribution is 5.84. The van der Waals surface area contributed by atoms with Crippen LogP contribution in [0.1, 0.15) is 37.9 Å². The molecule has 3 aliphatic rings. The van der Waals surface area contributed by atoms with Crippen LogP contribution in [0.2, 0.25) is 0 Å². The summed E-state index contributed by atoms with van der Waals surface area (Å²) in [5.41, 5.74) is 1.34. The third-order valence-electron chi connectivity index (χ3n) is 6.29. The first kappa shape index (κ1) is 19.5. The number of hydrogen-bond donors (Lipinski definition) is 1. The van der Waals surface area contributed by atoms with Crippen LogP contribution in [0, 0.1) is 11.8 Å². The van der Waals surface area contributed by atoms with Crippen LogP contribution in [0.3, 0.4) is 0 Å². The molecule has 3 aliphatic heterocycles. The van der Waals surface area contributed by atoms with Gasteiger partial charge in [0.05, 0.1) is 11.6 Å². The monoisotopic (exact) mass is 394 g/mol. The van der Waals surface area contributed by atoms with Gasteiger partial charge < -0.3 is 9.84 Å². The predicted molar refractivity (Wildman–Crippen MR) is 100 cm³/mol. The van der Waals surface area contributed by atoms with Gasteiger partial charge in [0.25, 0.3) is 0 Å². The van der Waals surface area contributed by atoms with E-state index in [1.54, 1.807) is 24.4 Å². The lowest BCUT2D eigenvalue weighted by Crippen LogP contribution is -2.55. The number of ether oxygens (including phenoxy) is 1. The van der Waals surface area contributed by atoms with E-state index < -0.39 is 18.9 Å². The van der Waals surface area contributed by atoms with E-state index in [0.29, 0.717) is 28.3 Å². The second-order valence-corrected chi connectivity index (χ2v) is 7.94. The summed E-state index contributed by atoms with van der Waals surface area (Å²) in [5.74, 6) is 1.45. The van der Waals surface area contributed by atoms with E-state index in [2.05, 4.69) is 16.8 Å². The maximum Gasteiger partial charge on any atom is 0.422 e. The zero-order chi connectivity index (χ0) is 19.9. The molecule has 7 heteroatoms. The highest BCUT2D eigenvalue weighted by atomic mass is 19.4. The number of aliphatic hydroxyl groups excluding tert-OH is 1. The van der Waals surface area contributed by atoms with Gasteiger partial charge in [-0.15, -0.1) is 0 Å². The minimum absolute atomic E-state index is 0.0342. The van der Waals surface area contributed by atoms with Gasteiger partial charge in [0.2, 0.25) is 0 Å². The summed E-state index contributed by atoms with van der Waals surface area (Å²) in [6, 6.07) is 6.47. The number of aliphatic hydroxyl groups is 1. The zero-order valence-electron chi connectivity index (χ0n) is 15.8. The van der Waals surface area contributed by atoms with Gasteiger partial charge in [-0.1, -0.05) is 13.3 Å². The number of hydrogen-bond acceptors (Lipinski definition) is 4. The normalized spacial score (nSPS) is 28.5. The summed E-state index contributed by atoms with van der Waals surface area (Å²) in [5, 5.41) is 11.8. The molecule has 1 aromatic carbocycles. The van der Waals surface area contributed by atoms with E-state index in [0.717, 1.165) is 25.9 Å². The second kappa shape index (κ2) is 7.52. The van der Waals surface area contributed by atoms with Crippen molar-refractivity contribution >= 4 is 10.9 Å². The van der Waals surface area contributed by atoms with Crippen LogP contribution in [0.4, 0.5) is 13.2 Å². The van der Waals surface area contributed by atoms with Crippen LogP contribution >= 0.6 is 0 Å². The fraction of sp³-hybridized carbons (Fsp3) is 0.571. The Morgan fingerprint density at radius 2 is 2.14 bits per heavy atom. The van der Waals surface area contributed by atoms with E-state index in [9.17, 15) is 18.3 Å². The molecule has 5 atom stereocenters. The van der Waals surface area contributed by atoms with Crippen molar-refractivity contribution in [3.63, 3.8) is 0 Å². The average molecular weight is 394 g/mol.